The second kappa shape index (κ2) is 4.99. The van der Waals surface area contributed by atoms with E-state index in [0.29, 0.717) is 6.04 Å². The monoisotopic (exact) mass is 241 g/mol. The van der Waals surface area contributed by atoms with Gasteiger partial charge in [0.1, 0.15) is 5.76 Å². The number of hydrogen-bond donors (Lipinski definition) is 1. The maximum atomic E-state index is 5.51. The average Bonchev–Trinajstić information content (AvgIpc) is 2.87. The molecule has 0 saturated carbocycles. The summed E-state index contributed by atoms with van der Waals surface area (Å²) in [5.41, 5.74) is 4.01. The highest BCUT2D eigenvalue weighted by atomic mass is 16.3. The predicted octanol–water partition coefficient (Wildman–Crippen LogP) is 3.76. The number of benzene rings is 1. The smallest absolute Gasteiger partial charge is 0.108 e. The van der Waals surface area contributed by atoms with E-state index in [9.17, 15) is 0 Å². The van der Waals surface area contributed by atoms with E-state index in [1.54, 1.807) is 0 Å². The minimum atomic E-state index is 0.453. The Balaban J connectivity index is 1.66. The van der Waals surface area contributed by atoms with E-state index in [4.69, 9.17) is 4.42 Å². The largest absolute Gasteiger partial charge is 0.469 e. The minimum absolute atomic E-state index is 0.453. The van der Waals surface area contributed by atoms with Gasteiger partial charge in [-0.2, -0.15) is 0 Å². The second-order valence-electron chi connectivity index (χ2n) is 5.11. The normalized spacial score (nSPS) is 18.6. The third-order valence-corrected chi connectivity index (χ3v) is 3.73. The second-order valence-corrected chi connectivity index (χ2v) is 5.11. The van der Waals surface area contributed by atoms with E-state index in [1.807, 2.05) is 6.26 Å². The summed E-state index contributed by atoms with van der Waals surface area (Å²) in [6.45, 7) is 3.05. The molecule has 0 amide bonds. The molecule has 1 atom stereocenters. The van der Waals surface area contributed by atoms with Crippen LogP contribution in [0.15, 0.2) is 41.0 Å². The Hall–Kier alpha value is -1.54. The lowest BCUT2D eigenvalue weighted by Gasteiger charge is -2.22. The molecule has 1 unspecified atom stereocenters. The van der Waals surface area contributed by atoms with E-state index in [-0.39, 0.29) is 0 Å². The Bertz CT molecular complexity index is 512. The van der Waals surface area contributed by atoms with Crippen molar-refractivity contribution >= 4 is 0 Å². The Kier molecular flexibility index (Phi) is 3.20. The van der Waals surface area contributed by atoms with Gasteiger partial charge in [-0.15, -0.1) is 0 Å². The van der Waals surface area contributed by atoms with Crippen molar-refractivity contribution in [3.63, 3.8) is 0 Å². The average molecular weight is 241 g/mol. The molecular formula is C16H19NO. The summed E-state index contributed by atoms with van der Waals surface area (Å²) in [5, 5.41) is 3.64. The summed E-state index contributed by atoms with van der Waals surface area (Å²) < 4.78 is 5.51. The summed E-state index contributed by atoms with van der Waals surface area (Å²) in [6, 6.07) is 11.3. The van der Waals surface area contributed by atoms with Gasteiger partial charge < -0.3 is 9.73 Å². The van der Waals surface area contributed by atoms with Crippen LogP contribution in [0.25, 0.3) is 0 Å². The molecule has 2 aromatic rings. The van der Waals surface area contributed by atoms with Crippen molar-refractivity contribution in [1.29, 1.82) is 0 Å². The van der Waals surface area contributed by atoms with Crippen molar-refractivity contribution in [3.05, 3.63) is 59.0 Å². The van der Waals surface area contributed by atoms with E-state index in [1.165, 1.54) is 35.3 Å². The molecular weight excluding hydrogens is 222 g/mol. The maximum Gasteiger partial charge on any atom is 0.108 e. The van der Waals surface area contributed by atoms with Crippen LogP contribution in [0.3, 0.4) is 0 Å². The van der Waals surface area contributed by atoms with Crippen molar-refractivity contribution in [3.8, 4) is 0 Å². The lowest BCUT2D eigenvalue weighted by molar-refractivity contribution is 0.411. The zero-order chi connectivity index (χ0) is 12.4. The van der Waals surface area contributed by atoms with Crippen LogP contribution in [0, 0.1) is 6.92 Å². The molecule has 1 aliphatic rings. The van der Waals surface area contributed by atoms with Gasteiger partial charge in [0.2, 0.25) is 0 Å². The molecule has 1 aromatic heterocycles. The number of rotatable bonds is 3. The van der Waals surface area contributed by atoms with Crippen molar-refractivity contribution < 1.29 is 4.42 Å². The van der Waals surface area contributed by atoms with Crippen molar-refractivity contribution in [2.24, 2.45) is 0 Å². The fourth-order valence-corrected chi connectivity index (χ4v) is 2.65. The Labute approximate surface area is 108 Å². The first-order chi connectivity index (χ1) is 8.83. The first-order valence-electron chi connectivity index (χ1n) is 6.68. The fourth-order valence-electron chi connectivity index (χ4n) is 2.65. The third kappa shape index (κ3) is 2.34. The first kappa shape index (κ1) is 11.5. The molecule has 0 radical (unpaired) electrons. The molecule has 2 nitrogen and oxygen atoms in total. The van der Waals surface area contributed by atoms with Crippen LogP contribution in [0.1, 0.15) is 41.3 Å². The predicted molar refractivity (Wildman–Crippen MR) is 72.4 cm³/mol. The minimum Gasteiger partial charge on any atom is -0.469 e. The zero-order valence-electron chi connectivity index (χ0n) is 10.8. The molecule has 0 saturated heterocycles. The van der Waals surface area contributed by atoms with E-state index in [0.717, 1.165) is 13.0 Å². The van der Waals surface area contributed by atoms with Gasteiger partial charge in [-0.1, -0.05) is 29.8 Å². The van der Waals surface area contributed by atoms with Gasteiger partial charge in [-0.25, -0.2) is 0 Å². The summed E-state index contributed by atoms with van der Waals surface area (Å²) >= 11 is 0. The van der Waals surface area contributed by atoms with E-state index in [2.05, 4.69) is 42.6 Å². The van der Waals surface area contributed by atoms with Crippen LogP contribution >= 0.6 is 0 Å². The Morgan fingerprint density at radius 1 is 1.22 bits per heavy atom. The molecule has 1 aliphatic carbocycles. The SMILES string of the molecule is Cc1ccc(CNC2CCCc3occc32)cc1. The molecule has 0 aliphatic heterocycles. The number of nitrogens with one attached hydrogen (secondary N) is 1. The highest BCUT2D eigenvalue weighted by Crippen LogP contribution is 2.30. The number of furan rings is 1. The van der Waals surface area contributed by atoms with Crippen LogP contribution in [0.4, 0.5) is 0 Å². The van der Waals surface area contributed by atoms with Crippen LogP contribution in [-0.2, 0) is 13.0 Å². The molecule has 1 heterocycles. The highest BCUT2D eigenvalue weighted by molar-refractivity contribution is 5.25. The van der Waals surface area contributed by atoms with Crippen molar-refractivity contribution in [2.75, 3.05) is 0 Å². The Morgan fingerprint density at radius 3 is 2.89 bits per heavy atom. The molecule has 0 spiro atoms. The highest BCUT2D eigenvalue weighted by Gasteiger charge is 2.21. The topological polar surface area (TPSA) is 25.2 Å². The maximum absolute atomic E-state index is 5.51. The molecule has 0 bridgehead atoms. The molecule has 0 fully saturated rings. The third-order valence-electron chi connectivity index (χ3n) is 3.73. The van der Waals surface area contributed by atoms with Gasteiger partial charge in [0.15, 0.2) is 0 Å². The molecule has 3 rings (SSSR count). The zero-order valence-corrected chi connectivity index (χ0v) is 10.8. The molecule has 94 valence electrons. The van der Waals surface area contributed by atoms with Gasteiger partial charge in [0.25, 0.3) is 0 Å². The molecule has 1 N–H and O–H groups in total. The summed E-state index contributed by atoms with van der Waals surface area (Å²) in [6.07, 6.45) is 5.33. The Morgan fingerprint density at radius 2 is 2.06 bits per heavy atom. The van der Waals surface area contributed by atoms with Gasteiger partial charge in [0.05, 0.1) is 6.26 Å². The van der Waals surface area contributed by atoms with Crippen LogP contribution < -0.4 is 5.32 Å². The number of aryl methyl sites for hydroxylation is 2. The lowest BCUT2D eigenvalue weighted by Crippen LogP contribution is -2.23. The summed E-state index contributed by atoms with van der Waals surface area (Å²) in [7, 11) is 0. The van der Waals surface area contributed by atoms with Crippen LogP contribution in [-0.4, -0.2) is 0 Å². The summed E-state index contributed by atoms with van der Waals surface area (Å²) in [4.78, 5) is 0. The standard InChI is InChI=1S/C16H19NO/c1-12-5-7-13(8-6-12)11-17-15-3-2-4-16-14(15)9-10-18-16/h5-10,15,17H,2-4,11H2,1H3. The van der Waals surface area contributed by atoms with Crippen LogP contribution in [0.2, 0.25) is 0 Å². The number of fused-ring (bicyclic) bond motifs is 1. The molecule has 2 heteroatoms. The first-order valence-corrected chi connectivity index (χ1v) is 6.68. The van der Waals surface area contributed by atoms with Gasteiger partial charge in [0, 0.05) is 24.6 Å². The molecule has 1 aromatic carbocycles. The van der Waals surface area contributed by atoms with E-state index >= 15 is 0 Å². The lowest BCUT2D eigenvalue weighted by atomic mass is 9.93. The van der Waals surface area contributed by atoms with E-state index < -0.39 is 0 Å². The van der Waals surface area contributed by atoms with Crippen molar-refractivity contribution in [1.82, 2.24) is 5.32 Å². The van der Waals surface area contributed by atoms with Gasteiger partial charge in [-0.3, -0.25) is 0 Å². The molecule has 18 heavy (non-hydrogen) atoms. The quantitative estimate of drug-likeness (QED) is 0.885. The fraction of sp³-hybridized carbons (Fsp3) is 0.375. The van der Waals surface area contributed by atoms with Gasteiger partial charge >= 0.3 is 0 Å². The van der Waals surface area contributed by atoms with Gasteiger partial charge in [-0.05, 0) is 31.4 Å². The summed E-state index contributed by atoms with van der Waals surface area (Å²) in [5.74, 6) is 1.17. The van der Waals surface area contributed by atoms with Crippen LogP contribution in [0.5, 0.6) is 0 Å². The van der Waals surface area contributed by atoms with Crippen molar-refractivity contribution in [2.45, 2.75) is 38.8 Å². The number of hydrogen-bond acceptors (Lipinski definition) is 2.